The molecular formula is C93H78BClCuN4O10S3. The largest absolute Gasteiger partial charge is 0.489 e. The SMILES string of the molecule is C.Cc1ccc(S)cc1.Cc1ccc(SC(=O)c2cc(-c3ccccc3)cnc2C)cc1.Cc1ncc(-c2ccccc2)cc1C(=O)Cl.Cc1ncc(-c2ccccc2)cc1C(=O)c1ccccc1C=O.O=C(O)c1cccs1.O=Cc1ccccc1B(O)O.O=c1c2ccccc2ccc2ncc(-c3ccccc3)cc12.[Cu]. The number of carbonyl (C=O) groups is 6. The first-order valence-electron chi connectivity index (χ1n) is 34.6. The summed E-state index contributed by atoms with van der Waals surface area (Å²) < 4.78 is 0. The molecule has 5 aromatic heterocycles. The summed E-state index contributed by atoms with van der Waals surface area (Å²) in [7, 11) is -1.57. The number of carboxylic acids is 1. The monoisotopic (exact) mass is 1620 g/mol. The van der Waals surface area contributed by atoms with Crippen molar-refractivity contribution in [2.45, 2.75) is 51.8 Å². The van der Waals surface area contributed by atoms with Crippen molar-refractivity contribution >= 4 is 116 Å². The number of rotatable bonds is 13. The van der Waals surface area contributed by atoms with Crippen molar-refractivity contribution in [3.63, 3.8) is 0 Å². The fourth-order valence-corrected chi connectivity index (χ4v) is 12.6. The zero-order valence-corrected chi connectivity index (χ0v) is 65.5. The Kier molecular flexibility index (Phi) is 34.9. The van der Waals surface area contributed by atoms with E-state index in [9.17, 15) is 33.6 Å². The van der Waals surface area contributed by atoms with Gasteiger partial charge >= 0.3 is 13.1 Å². The normalized spacial score (nSPS) is 9.99. The van der Waals surface area contributed by atoms with Crippen LogP contribution in [0.5, 0.6) is 0 Å². The quantitative estimate of drug-likeness (QED) is 0.0210. The van der Waals surface area contributed by atoms with E-state index in [1.165, 1.54) is 46.4 Å². The van der Waals surface area contributed by atoms with Gasteiger partial charge in [0, 0.05) is 124 Å². The number of aromatic nitrogens is 4. The van der Waals surface area contributed by atoms with Gasteiger partial charge in [-0.25, -0.2) is 4.79 Å². The molecule has 0 saturated carbocycles. The second-order valence-electron chi connectivity index (χ2n) is 24.7. The molecule has 569 valence electrons. The molecule has 15 aromatic rings. The van der Waals surface area contributed by atoms with E-state index in [1.807, 2.05) is 251 Å². The van der Waals surface area contributed by atoms with Gasteiger partial charge in [0.1, 0.15) is 11.2 Å². The second-order valence-corrected chi connectivity index (χ2v) is 27.5. The van der Waals surface area contributed by atoms with Gasteiger partial charge in [0.15, 0.2) is 17.5 Å². The number of aldehydes is 2. The van der Waals surface area contributed by atoms with Gasteiger partial charge < -0.3 is 15.2 Å². The Balaban J connectivity index is 0.000000188. The molecule has 0 fully saturated rings. The predicted molar refractivity (Wildman–Crippen MR) is 459 cm³/mol. The van der Waals surface area contributed by atoms with Crippen LogP contribution in [-0.4, -0.2) is 76.9 Å². The summed E-state index contributed by atoms with van der Waals surface area (Å²) in [4.78, 5) is 101. The Hall–Kier alpha value is -12.0. The minimum atomic E-state index is -1.57. The first-order chi connectivity index (χ1) is 53.7. The van der Waals surface area contributed by atoms with E-state index >= 15 is 0 Å². The first kappa shape index (κ1) is 88.2. The molecule has 15 rings (SSSR count). The smallest absolute Gasteiger partial charge is 0.477 e. The summed E-state index contributed by atoms with van der Waals surface area (Å²) in [6, 6.07) is 91.0. The maximum absolute atomic E-state index is 12.8. The average molecular weight is 1620 g/mol. The number of aromatic carboxylic acids is 1. The van der Waals surface area contributed by atoms with Crippen LogP contribution in [0.1, 0.15) is 103 Å². The molecule has 0 saturated heterocycles. The number of hydrogen-bond acceptors (Lipinski definition) is 16. The number of carbonyl (C=O) groups excluding carboxylic acids is 5. The maximum atomic E-state index is 12.8. The van der Waals surface area contributed by atoms with E-state index < -0.39 is 18.3 Å². The van der Waals surface area contributed by atoms with Gasteiger partial charge in [-0.15, -0.1) is 24.0 Å². The number of nitrogens with zero attached hydrogens (tertiary/aromatic N) is 4. The van der Waals surface area contributed by atoms with E-state index in [1.54, 1.807) is 86.2 Å². The summed E-state index contributed by atoms with van der Waals surface area (Å²) >= 11 is 12.1. The minimum absolute atomic E-state index is 0. The van der Waals surface area contributed by atoms with Crippen LogP contribution in [0.25, 0.3) is 66.2 Å². The zero-order valence-electron chi connectivity index (χ0n) is 61.3. The van der Waals surface area contributed by atoms with Crippen molar-refractivity contribution in [1.29, 1.82) is 0 Å². The summed E-state index contributed by atoms with van der Waals surface area (Å²) in [5, 5.41) is 29.4. The third-order valence-electron chi connectivity index (χ3n) is 16.9. The number of hydrogen-bond donors (Lipinski definition) is 4. The molecule has 0 aliphatic heterocycles. The number of thiol groups is 1. The van der Waals surface area contributed by atoms with E-state index in [-0.39, 0.29) is 46.3 Å². The molecule has 0 unspecified atom stereocenters. The first-order valence-corrected chi connectivity index (χ1v) is 37.2. The summed E-state index contributed by atoms with van der Waals surface area (Å²) in [6.07, 6.45) is 8.44. The molecule has 0 bridgehead atoms. The number of halogens is 1. The molecule has 0 amide bonds. The Morgan fingerprint density at radius 1 is 0.442 bits per heavy atom. The molecule has 113 heavy (non-hydrogen) atoms. The summed E-state index contributed by atoms with van der Waals surface area (Å²) in [6.45, 7) is 9.54. The maximum Gasteiger partial charge on any atom is 0.489 e. The van der Waals surface area contributed by atoms with Crippen LogP contribution >= 0.6 is 47.3 Å². The number of ketones is 1. The number of fused-ring (bicyclic) bond motifs is 2. The number of aryl methyl sites for hydroxylation is 5. The van der Waals surface area contributed by atoms with Crippen molar-refractivity contribution in [2.24, 2.45) is 0 Å². The molecule has 5 heterocycles. The van der Waals surface area contributed by atoms with E-state index in [0.29, 0.717) is 67.6 Å². The van der Waals surface area contributed by atoms with Crippen LogP contribution < -0.4 is 10.9 Å². The molecule has 0 aliphatic rings. The topological polar surface area (TPSA) is 232 Å². The molecule has 20 heteroatoms. The second kappa shape index (κ2) is 44.7. The van der Waals surface area contributed by atoms with Gasteiger partial charge in [-0.05, 0) is 157 Å². The average Bonchev–Trinajstić information content (AvgIpc) is 1.71. The van der Waals surface area contributed by atoms with Gasteiger partial charge in [-0.2, -0.15) is 0 Å². The van der Waals surface area contributed by atoms with Crippen molar-refractivity contribution in [3.8, 4) is 44.5 Å². The Labute approximate surface area is 686 Å². The molecule has 10 aromatic carbocycles. The predicted octanol–water partition coefficient (Wildman–Crippen LogP) is 20.8. The molecule has 0 spiro atoms. The van der Waals surface area contributed by atoms with E-state index in [4.69, 9.17) is 26.8 Å². The van der Waals surface area contributed by atoms with Gasteiger partial charge in [-0.3, -0.25) is 48.7 Å². The number of pyridine rings is 4. The van der Waals surface area contributed by atoms with Crippen LogP contribution in [-0.2, 0) is 17.1 Å². The van der Waals surface area contributed by atoms with Crippen LogP contribution in [0.2, 0.25) is 0 Å². The van der Waals surface area contributed by atoms with Crippen LogP contribution in [0, 0.1) is 34.6 Å². The molecule has 3 N–H and O–H groups in total. The van der Waals surface area contributed by atoms with Crippen LogP contribution in [0.4, 0.5) is 0 Å². The van der Waals surface area contributed by atoms with Crippen molar-refractivity contribution in [1.82, 2.24) is 19.9 Å². The Morgan fingerprint density at radius 2 is 0.867 bits per heavy atom. The number of carboxylic acid groups (broad SMARTS) is 1. The number of thioether (sulfide) groups is 1. The molecule has 0 aliphatic carbocycles. The zero-order chi connectivity index (χ0) is 79.2. The molecule has 14 nitrogen and oxygen atoms in total. The van der Waals surface area contributed by atoms with Crippen molar-refractivity contribution in [2.75, 3.05) is 0 Å². The Bertz CT molecular complexity index is 5720. The minimum Gasteiger partial charge on any atom is -0.477 e. The Morgan fingerprint density at radius 3 is 1.33 bits per heavy atom. The molecule has 0 atom stereocenters. The van der Waals surface area contributed by atoms with Gasteiger partial charge in [0.2, 0.25) is 5.12 Å². The van der Waals surface area contributed by atoms with Crippen molar-refractivity contribution < 1.29 is 61.0 Å². The van der Waals surface area contributed by atoms with Crippen molar-refractivity contribution in [3.05, 3.63) is 398 Å². The summed E-state index contributed by atoms with van der Waals surface area (Å²) in [5.74, 6) is -1.03. The molecular weight excluding hydrogens is 1540 g/mol. The van der Waals surface area contributed by atoms with E-state index in [0.717, 1.165) is 76.3 Å². The third-order valence-corrected chi connectivity index (χ3v) is 19.2. The third kappa shape index (κ3) is 25.8. The van der Waals surface area contributed by atoms with Gasteiger partial charge in [0.05, 0.1) is 16.6 Å². The van der Waals surface area contributed by atoms with Crippen LogP contribution in [0.15, 0.2) is 336 Å². The number of thiophene rings is 1. The fourth-order valence-electron chi connectivity index (χ4n) is 10.9. The summed E-state index contributed by atoms with van der Waals surface area (Å²) in [5.41, 5.74) is 16.1. The standard InChI is InChI=1S/C20H15NO2.C20H17NOS.C20H13NO.C13H10ClNO.C7H7BO3.C7H8S.C5H4O2S.CH4.Cu/c1-14-19(20(23)18-10-6-5-9-16(18)13-22)11-17(12-21-14)15-7-3-2-4-8-15;1-14-8-10-18(11-9-14)23-20(22)19-12-17(13-21-15(19)2)16-6-4-3-5-7-16;22-20-17-9-5-4-8-15(17)10-11-19-18(20)12-16(13-21-19)14-6-2-1-3-7-14;1-9-12(13(14)16)7-11(8-15-9)10-5-3-2-4-6-10;9-5-6-3-1-2-4-7(6)8(10)11;1-6-2-4-7(8)5-3-6;6-5(7)4-2-1-3-8-4;;/h2-13H,1H3;3-13H,1-2H3;1-13H;2-8H,1H3;1-5,10-11H;2-5,8H,1H3;1-3H,(H,6,7);1H4;. The number of benzene rings is 9. The molecule has 1 radical (unpaired) electrons. The fraction of sp³-hybridized carbons (Fsp3) is 0.0645. The van der Waals surface area contributed by atoms with E-state index in [2.05, 4.69) is 39.5 Å². The van der Waals surface area contributed by atoms with Gasteiger partial charge in [0.25, 0.3) is 5.24 Å². The van der Waals surface area contributed by atoms with Crippen LogP contribution in [0.3, 0.4) is 0 Å². The van der Waals surface area contributed by atoms with Gasteiger partial charge in [-0.1, -0.05) is 249 Å².